The molecule has 0 aliphatic rings. The van der Waals surface area contributed by atoms with Gasteiger partial charge in [0.15, 0.2) is 0 Å². The first-order chi connectivity index (χ1) is 12.7. The van der Waals surface area contributed by atoms with Crippen molar-refractivity contribution in [2.24, 2.45) is 0 Å². The van der Waals surface area contributed by atoms with Crippen LogP contribution in [0.2, 0.25) is 4.34 Å². The summed E-state index contributed by atoms with van der Waals surface area (Å²) in [7, 11) is 0. The molecular formula is C21H19ClN2OS. The second-order valence-corrected chi connectivity index (χ2v) is 7.87. The summed E-state index contributed by atoms with van der Waals surface area (Å²) < 4.78 is 6.85. The van der Waals surface area contributed by atoms with E-state index in [1.165, 1.54) is 10.4 Å². The van der Waals surface area contributed by atoms with Crippen molar-refractivity contribution in [1.29, 1.82) is 0 Å². The average molecular weight is 383 g/mol. The van der Waals surface area contributed by atoms with E-state index >= 15 is 0 Å². The Morgan fingerprint density at radius 3 is 2.77 bits per heavy atom. The highest BCUT2D eigenvalue weighted by Gasteiger charge is 2.12. The Balaban J connectivity index is 1.80. The molecule has 0 unspecified atom stereocenters. The number of halogens is 1. The van der Waals surface area contributed by atoms with Crippen molar-refractivity contribution in [2.45, 2.75) is 19.8 Å². The van der Waals surface area contributed by atoms with E-state index in [1.54, 1.807) is 17.5 Å². The van der Waals surface area contributed by atoms with E-state index in [4.69, 9.17) is 16.3 Å². The SMILES string of the molecule is CCCCOc1cc2ccc(-c3ccc(Cl)s3)cc2cc1-c1ncc[nH]1. The summed E-state index contributed by atoms with van der Waals surface area (Å²) in [6.07, 6.45) is 5.74. The molecule has 0 bridgehead atoms. The fraction of sp³-hybridized carbons (Fsp3) is 0.190. The first-order valence-electron chi connectivity index (χ1n) is 8.70. The fourth-order valence-corrected chi connectivity index (χ4v) is 3.98. The average Bonchev–Trinajstić information content (AvgIpc) is 3.33. The minimum Gasteiger partial charge on any atom is -0.493 e. The van der Waals surface area contributed by atoms with E-state index < -0.39 is 0 Å². The number of aromatic amines is 1. The maximum absolute atomic E-state index is 6.09. The van der Waals surface area contributed by atoms with Crippen LogP contribution in [0.15, 0.2) is 54.9 Å². The number of nitrogens with zero attached hydrogens (tertiary/aromatic N) is 1. The predicted molar refractivity (Wildman–Crippen MR) is 110 cm³/mol. The van der Waals surface area contributed by atoms with Crippen LogP contribution in [0.1, 0.15) is 19.8 Å². The van der Waals surface area contributed by atoms with E-state index in [-0.39, 0.29) is 0 Å². The number of benzene rings is 2. The van der Waals surface area contributed by atoms with Gasteiger partial charge in [-0.25, -0.2) is 4.98 Å². The van der Waals surface area contributed by atoms with Gasteiger partial charge in [0.25, 0.3) is 0 Å². The highest BCUT2D eigenvalue weighted by molar-refractivity contribution is 7.19. The lowest BCUT2D eigenvalue weighted by molar-refractivity contribution is 0.311. The Bertz CT molecular complexity index is 1020. The lowest BCUT2D eigenvalue weighted by atomic mass is 10.0. The molecule has 4 rings (SSSR count). The van der Waals surface area contributed by atoms with Gasteiger partial charge in [0.1, 0.15) is 11.6 Å². The van der Waals surface area contributed by atoms with Crippen molar-refractivity contribution in [3.05, 3.63) is 59.2 Å². The second-order valence-electron chi connectivity index (χ2n) is 6.15. The summed E-state index contributed by atoms with van der Waals surface area (Å²) in [5, 5.41) is 2.31. The van der Waals surface area contributed by atoms with Gasteiger partial charge < -0.3 is 9.72 Å². The number of thiophene rings is 1. The fourth-order valence-electron chi connectivity index (χ4n) is 2.94. The molecule has 2 heterocycles. The lowest BCUT2D eigenvalue weighted by Crippen LogP contribution is -1.99. The molecule has 0 fully saturated rings. The molecule has 2 aromatic carbocycles. The molecule has 0 aliphatic heterocycles. The standard InChI is InChI=1S/C21H19ClN2OS/c1-2-3-10-25-18-13-14-4-5-15(19-6-7-20(22)26-19)11-16(14)12-17(18)21-23-8-9-24-21/h4-9,11-13H,2-3,10H2,1H3,(H,23,24). The molecule has 0 saturated heterocycles. The first-order valence-corrected chi connectivity index (χ1v) is 9.90. The molecule has 4 aromatic rings. The number of rotatable bonds is 6. The van der Waals surface area contributed by atoms with Crippen molar-refractivity contribution in [3.8, 4) is 27.6 Å². The number of fused-ring (bicyclic) bond motifs is 1. The molecule has 0 atom stereocenters. The van der Waals surface area contributed by atoms with Crippen molar-refractivity contribution < 1.29 is 4.74 Å². The minimum atomic E-state index is 0.710. The number of nitrogens with one attached hydrogen (secondary N) is 1. The molecule has 3 nitrogen and oxygen atoms in total. The topological polar surface area (TPSA) is 37.9 Å². The van der Waals surface area contributed by atoms with Crippen molar-refractivity contribution >= 4 is 33.7 Å². The zero-order chi connectivity index (χ0) is 17.9. The molecule has 1 N–H and O–H groups in total. The summed E-state index contributed by atoms with van der Waals surface area (Å²) in [6, 6.07) is 14.7. The van der Waals surface area contributed by atoms with Crippen LogP contribution in [0.5, 0.6) is 5.75 Å². The Labute approximate surface area is 161 Å². The highest BCUT2D eigenvalue weighted by Crippen LogP contribution is 2.36. The zero-order valence-corrected chi connectivity index (χ0v) is 16.0. The number of hydrogen-bond donors (Lipinski definition) is 1. The van der Waals surface area contributed by atoms with Crippen LogP contribution in [0.4, 0.5) is 0 Å². The zero-order valence-electron chi connectivity index (χ0n) is 14.5. The molecular weight excluding hydrogens is 364 g/mol. The molecule has 5 heteroatoms. The van der Waals surface area contributed by atoms with Crippen LogP contribution in [0.3, 0.4) is 0 Å². The summed E-state index contributed by atoms with van der Waals surface area (Å²) in [6.45, 7) is 2.87. The van der Waals surface area contributed by atoms with E-state index in [0.717, 1.165) is 45.1 Å². The van der Waals surface area contributed by atoms with E-state index in [9.17, 15) is 0 Å². The van der Waals surface area contributed by atoms with Gasteiger partial charge in [0.05, 0.1) is 16.5 Å². The number of ether oxygens (including phenoxy) is 1. The molecule has 2 aromatic heterocycles. The summed E-state index contributed by atoms with van der Waals surface area (Å²) >= 11 is 7.68. The van der Waals surface area contributed by atoms with Gasteiger partial charge in [-0.1, -0.05) is 37.1 Å². The van der Waals surface area contributed by atoms with Gasteiger partial charge in [-0.3, -0.25) is 0 Å². The van der Waals surface area contributed by atoms with Gasteiger partial charge in [-0.2, -0.15) is 0 Å². The number of imidazole rings is 1. The maximum atomic E-state index is 6.09. The van der Waals surface area contributed by atoms with Gasteiger partial charge in [0.2, 0.25) is 0 Å². The summed E-state index contributed by atoms with van der Waals surface area (Å²) in [5.41, 5.74) is 2.15. The monoisotopic (exact) mass is 382 g/mol. The Morgan fingerprint density at radius 2 is 2.04 bits per heavy atom. The molecule has 0 radical (unpaired) electrons. The van der Waals surface area contributed by atoms with Crippen LogP contribution < -0.4 is 4.74 Å². The normalized spacial score (nSPS) is 11.2. The van der Waals surface area contributed by atoms with Crippen LogP contribution in [-0.4, -0.2) is 16.6 Å². The predicted octanol–water partition coefficient (Wildman–Crippen LogP) is 6.79. The van der Waals surface area contributed by atoms with Crippen LogP contribution in [-0.2, 0) is 0 Å². The number of hydrogen-bond acceptors (Lipinski definition) is 3. The largest absolute Gasteiger partial charge is 0.493 e. The molecule has 0 saturated carbocycles. The van der Waals surface area contributed by atoms with E-state index in [1.807, 2.05) is 12.3 Å². The van der Waals surface area contributed by atoms with Crippen molar-refractivity contribution in [2.75, 3.05) is 6.61 Å². The molecule has 132 valence electrons. The third-order valence-corrected chi connectivity index (χ3v) is 5.59. The Hall–Kier alpha value is -2.30. The third kappa shape index (κ3) is 3.48. The Kier molecular flexibility index (Phi) is 4.96. The first kappa shape index (κ1) is 17.1. The summed E-state index contributed by atoms with van der Waals surface area (Å²) in [4.78, 5) is 8.77. The van der Waals surface area contributed by atoms with Gasteiger partial charge >= 0.3 is 0 Å². The van der Waals surface area contributed by atoms with E-state index in [2.05, 4.69) is 53.3 Å². The van der Waals surface area contributed by atoms with E-state index in [0.29, 0.717) is 6.61 Å². The van der Waals surface area contributed by atoms with Crippen LogP contribution in [0, 0.1) is 0 Å². The summed E-state index contributed by atoms with van der Waals surface area (Å²) in [5.74, 6) is 1.69. The molecule has 26 heavy (non-hydrogen) atoms. The maximum Gasteiger partial charge on any atom is 0.141 e. The minimum absolute atomic E-state index is 0.710. The smallest absolute Gasteiger partial charge is 0.141 e. The number of H-pyrrole nitrogens is 1. The molecule has 0 aliphatic carbocycles. The van der Waals surface area contributed by atoms with Crippen molar-refractivity contribution in [3.63, 3.8) is 0 Å². The number of aromatic nitrogens is 2. The Morgan fingerprint density at radius 1 is 1.12 bits per heavy atom. The third-order valence-electron chi connectivity index (χ3n) is 4.31. The van der Waals surface area contributed by atoms with Gasteiger partial charge in [-0.15, -0.1) is 11.3 Å². The molecule has 0 spiro atoms. The van der Waals surface area contributed by atoms with Gasteiger partial charge in [0, 0.05) is 17.3 Å². The second kappa shape index (κ2) is 7.52. The lowest BCUT2D eigenvalue weighted by Gasteiger charge is -2.12. The quantitative estimate of drug-likeness (QED) is 0.373. The number of unbranched alkanes of at least 4 members (excludes halogenated alkanes) is 1. The van der Waals surface area contributed by atoms with Gasteiger partial charge in [-0.05, 0) is 53.1 Å². The van der Waals surface area contributed by atoms with Crippen LogP contribution >= 0.6 is 22.9 Å². The molecule has 0 amide bonds. The highest BCUT2D eigenvalue weighted by atomic mass is 35.5. The van der Waals surface area contributed by atoms with Crippen LogP contribution in [0.25, 0.3) is 32.6 Å². The van der Waals surface area contributed by atoms with Crippen molar-refractivity contribution in [1.82, 2.24) is 9.97 Å².